The lowest BCUT2D eigenvalue weighted by molar-refractivity contribution is -0.385. The monoisotopic (exact) mass is 442 g/mol. The number of benzene rings is 2. The van der Waals surface area contributed by atoms with Crippen LogP contribution in [0.1, 0.15) is 17.0 Å². The summed E-state index contributed by atoms with van der Waals surface area (Å²) in [6.07, 6.45) is 1.18. The van der Waals surface area contributed by atoms with Crippen molar-refractivity contribution in [2.75, 3.05) is 7.11 Å². The summed E-state index contributed by atoms with van der Waals surface area (Å²) in [5, 5.41) is 27.9. The smallest absolute Gasteiger partial charge is 0.342 e. The van der Waals surface area contributed by atoms with Gasteiger partial charge in [0.25, 0.3) is 5.69 Å². The number of nitro benzene ring substituents is 1. The van der Waals surface area contributed by atoms with Gasteiger partial charge >= 0.3 is 5.97 Å². The summed E-state index contributed by atoms with van der Waals surface area (Å²) >= 11 is 0.772. The third kappa shape index (κ3) is 5.60. The van der Waals surface area contributed by atoms with E-state index < -0.39 is 10.9 Å². The van der Waals surface area contributed by atoms with Gasteiger partial charge in [-0.1, -0.05) is 30.3 Å². The lowest BCUT2D eigenvalue weighted by atomic mass is 10.1. The number of hydrogen-bond donors (Lipinski definition) is 2. The number of hydrogen-bond acceptors (Lipinski definition) is 8. The third-order valence-corrected chi connectivity index (χ3v) is 4.90. The van der Waals surface area contributed by atoms with Crippen LogP contribution in [0.15, 0.2) is 52.5 Å². The Morgan fingerprint density at radius 1 is 1.29 bits per heavy atom. The van der Waals surface area contributed by atoms with Gasteiger partial charge in [0.05, 0.1) is 23.7 Å². The molecule has 11 heteroatoms. The number of aliphatic carboxylic acids is 1. The van der Waals surface area contributed by atoms with Gasteiger partial charge in [0, 0.05) is 0 Å². The number of H-pyrrole nitrogens is 1. The van der Waals surface area contributed by atoms with Crippen LogP contribution < -0.4 is 9.47 Å². The number of aromatic nitrogens is 3. The molecular weight excluding hydrogens is 424 g/mol. The molecule has 0 aliphatic rings. The fraction of sp³-hybridized carbons (Fsp3) is 0.150. The van der Waals surface area contributed by atoms with Crippen molar-refractivity contribution in [1.82, 2.24) is 15.2 Å². The first-order valence-electron chi connectivity index (χ1n) is 8.92. The van der Waals surface area contributed by atoms with Crippen molar-refractivity contribution in [3.05, 3.63) is 74.4 Å². The summed E-state index contributed by atoms with van der Waals surface area (Å²) in [6, 6.07) is 11.9. The molecule has 3 rings (SSSR count). The molecule has 0 aliphatic carbocycles. The Balaban J connectivity index is 1.97. The molecule has 1 aromatic heterocycles. The van der Waals surface area contributed by atoms with E-state index in [1.54, 1.807) is 6.92 Å². The van der Waals surface area contributed by atoms with Crippen molar-refractivity contribution in [3.8, 4) is 11.5 Å². The number of aromatic amines is 1. The summed E-state index contributed by atoms with van der Waals surface area (Å²) in [5.41, 5.74) is 0.600. The number of ether oxygens (including phenoxy) is 2. The average molecular weight is 442 g/mol. The van der Waals surface area contributed by atoms with Crippen LogP contribution in [0.3, 0.4) is 0 Å². The van der Waals surface area contributed by atoms with Gasteiger partial charge in [-0.15, -0.1) is 5.10 Å². The van der Waals surface area contributed by atoms with Gasteiger partial charge in [-0.2, -0.15) is 0 Å². The minimum atomic E-state index is -1.27. The molecule has 31 heavy (non-hydrogen) atoms. The molecule has 0 radical (unpaired) electrons. The minimum Gasteiger partial charge on any atom is -0.493 e. The van der Waals surface area contributed by atoms with Crippen molar-refractivity contribution in [2.45, 2.75) is 18.7 Å². The topological polar surface area (TPSA) is 140 Å². The number of thioether (sulfide) groups is 1. The molecule has 0 fully saturated rings. The van der Waals surface area contributed by atoms with Gasteiger partial charge in [0.15, 0.2) is 11.5 Å². The Morgan fingerprint density at radius 2 is 2.03 bits per heavy atom. The molecule has 2 N–H and O–H groups in total. The second-order valence-electron chi connectivity index (χ2n) is 6.21. The molecule has 0 spiro atoms. The number of nitrogens with zero attached hydrogens (tertiary/aromatic N) is 3. The number of aryl methyl sites for hydroxylation is 1. The highest BCUT2D eigenvalue weighted by molar-refractivity contribution is 8.04. The van der Waals surface area contributed by atoms with E-state index in [1.165, 1.54) is 25.3 Å². The van der Waals surface area contributed by atoms with Crippen LogP contribution in [-0.2, 0) is 11.4 Å². The molecule has 1 heterocycles. The summed E-state index contributed by atoms with van der Waals surface area (Å²) in [4.78, 5) is 26.6. The van der Waals surface area contributed by atoms with Crippen molar-refractivity contribution in [1.29, 1.82) is 0 Å². The highest BCUT2D eigenvalue weighted by Crippen LogP contribution is 2.37. The van der Waals surface area contributed by atoms with E-state index in [0.717, 1.165) is 17.3 Å². The van der Waals surface area contributed by atoms with Gasteiger partial charge in [-0.25, -0.2) is 9.78 Å². The Labute approximate surface area is 181 Å². The normalized spacial score (nSPS) is 11.2. The number of nitrogens with one attached hydrogen (secondary N) is 1. The Morgan fingerprint density at radius 3 is 2.61 bits per heavy atom. The molecule has 0 aliphatic heterocycles. The second kappa shape index (κ2) is 9.76. The number of carbonyl (C=O) groups is 1. The highest BCUT2D eigenvalue weighted by Gasteiger charge is 2.21. The van der Waals surface area contributed by atoms with Gasteiger partial charge in [-0.3, -0.25) is 15.2 Å². The first kappa shape index (κ1) is 21.8. The van der Waals surface area contributed by atoms with E-state index in [9.17, 15) is 20.0 Å². The fourth-order valence-electron chi connectivity index (χ4n) is 2.59. The van der Waals surface area contributed by atoms with Crippen molar-refractivity contribution in [2.24, 2.45) is 0 Å². The standard InChI is InChI=1S/C20H18N4O6S/c1-12-21-20(23-22-12)31-18(19(25)26)9-14-8-16(29-2)17(10-15(14)24(27)28)30-11-13-6-4-3-5-7-13/h3-10H,11H2,1-2H3,(H,25,26)(H,21,22,23)/b18-9-. The quantitative estimate of drug-likeness (QED) is 0.219. The van der Waals surface area contributed by atoms with Crippen LogP contribution in [0.2, 0.25) is 0 Å². The largest absolute Gasteiger partial charge is 0.493 e. The Kier molecular flexibility index (Phi) is 6.88. The van der Waals surface area contributed by atoms with Crippen molar-refractivity contribution in [3.63, 3.8) is 0 Å². The lowest BCUT2D eigenvalue weighted by Gasteiger charge is -2.12. The number of rotatable bonds is 9. The molecule has 2 aromatic carbocycles. The first-order chi connectivity index (χ1) is 14.9. The summed E-state index contributed by atoms with van der Waals surface area (Å²) in [6.45, 7) is 1.86. The Bertz CT molecular complexity index is 1130. The highest BCUT2D eigenvalue weighted by atomic mass is 32.2. The second-order valence-corrected chi connectivity index (χ2v) is 7.22. The molecule has 0 saturated carbocycles. The molecule has 0 unspecified atom stereocenters. The van der Waals surface area contributed by atoms with Crippen molar-refractivity contribution >= 4 is 29.5 Å². The van der Waals surface area contributed by atoms with Crippen LogP contribution in [0.5, 0.6) is 11.5 Å². The average Bonchev–Trinajstić information content (AvgIpc) is 3.17. The Hall–Kier alpha value is -3.86. The van der Waals surface area contributed by atoms with Gasteiger partial charge < -0.3 is 14.6 Å². The van der Waals surface area contributed by atoms with E-state index in [1.807, 2.05) is 30.3 Å². The maximum absolute atomic E-state index is 11.7. The van der Waals surface area contributed by atoms with Gasteiger partial charge in [0.1, 0.15) is 17.3 Å². The summed E-state index contributed by atoms with van der Waals surface area (Å²) in [7, 11) is 1.40. The zero-order valence-electron chi connectivity index (χ0n) is 16.6. The fourth-order valence-corrected chi connectivity index (χ4v) is 3.33. The molecule has 0 saturated heterocycles. The van der Waals surface area contributed by atoms with Crippen LogP contribution in [0.25, 0.3) is 6.08 Å². The minimum absolute atomic E-state index is 0.0473. The molecule has 0 atom stereocenters. The van der Waals surface area contributed by atoms with Gasteiger partial charge in [-0.05, 0) is 36.4 Å². The molecule has 0 bridgehead atoms. The lowest BCUT2D eigenvalue weighted by Crippen LogP contribution is -2.02. The third-order valence-electron chi connectivity index (χ3n) is 4.02. The first-order valence-corrected chi connectivity index (χ1v) is 9.74. The molecule has 0 amide bonds. The summed E-state index contributed by atoms with van der Waals surface area (Å²) in [5.74, 6) is -0.356. The van der Waals surface area contributed by atoms with Gasteiger partial charge in [0.2, 0.25) is 5.16 Å². The number of carboxylic acid groups (broad SMARTS) is 1. The number of nitro groups is 1. The van der Waals surface area contributed by atoms with E-state index in [2.05, 4.69) is 15.2 Å². The maximum Gasteiger partial charge on any atom is 0.342 e. The van der Waals surface area contributed by atoms with Crippen LogP contribution >= 0.6 is 11.8 Å². The zero-order valence-corrected chi connectivity index (χ0v) is 17.4. The zero-order chi connectivity index (χ0) is 22.4. The van der Waals surface area contributed by atoms with E-state index in [-0.39, 0.29) is 39.4 Å². The SMILES string of the molecule is COc1cc(/C=C(\Sc2n[nH]c(C)n2)C(=O)O)c([N+](=O)[O-])cc1OCc1ccccc1. The van der Waals surface area contributed by atoms with E-state index in [4.69, 9.17) is 9.47 Å². The van der Waals surface area contributed by atoms with E-state index >= 15 is 0 Å². The predicted octanol–water partition coefficient (Wildman–Crippen LogP) is 3.83. The van der Waals surface area contributed by atoms with E-state index in [0.29, 0.717) is 5.82 Å². The van der Waals surface area contributed by atoms with Crippen LogP contribution in [0.4, 0.5) is 5.69 Å². The predicted molar refractivity (Wildman–Crippen MR) is 113 cm³/mol. The number of methoxy groups -OCH3 is 1. The molecule has 10 nitrogen and oxygen atoms in total. The van der Waals surface area contributed by atoms with Crippen LogP contribution in [-0.4, -0.2) is 38.3 Å². The maximum atomic E-state index is 11.7. The summed E-state index contributed by atoms with van der Waals surface area (Å²) < 4.78 is 11.0. The number of carboxylic acids is 1. The molecular formula is C20H18N4O6S. The van der Waals surface area contributed by atoms with Crippen molar-refractivity contribution < 1.29 is 24.3 Å². The molecule has 160 valence electrons. The molecule has 3 aromatic rings. The van der Waals surface area contributed by atoms with Crippen LogP contribution in [0, 0.1) is 17.0 Å².